The molecule has 0 radical (unpaired) electrons. The summed E-state index contributed by atoms with van der Waals surface area (Å²) in [6.07, 6.45) is 3.76. The molecule has 2 aromatic rings. The second kappa shape index (κ2) is 6.03. The highest BCUT2D eigenvalue weighted by atomic mass is 16.3. The lowest BCUT2D eigenvalue weighted by Gasteiger charge is -2.17. The summed E-state index contributed by atoms with van der Waals surface area (Å²) in [5.41, 5.74) is 2.14. The predicted molar refractivity (Wildman–Crippen MR) is 73.5 cm³/mol. The number of aliphatic hydroxyl groups excluding tert-OH is 2. The first kappa shape index (κ1) is 13.1. The first-order valence-corrected chi connectivity index (χ1v) is 6.63. The van der Waals surface area contributed by atoms with E-state index >= 15 is 0 Å². The van der Waals surface area contributed by atoms with E-state index in [-0.39, 0.29) is 0 Å². The summed E-state index contributed by atoms with van der Waals surface area (Å²) < 4.78 is 0. The van der Waals surface area contributed by atoms with Crippen molar-refractivity contribution in [2.45, 2.75) is 44.8 Å². The lowest BCUT2D eigenvalue weighted by atomic mass is 10.00. The third-order valence-corrected chi connectivity index (χ3v) is 3.40. The number of hydrogen-bond acceptors (Lipinski definition) is 2. The molecule has 3 heteroatoms. The zero-order valence-corrected chi connectivity index (χ0v) is 10.8. The van der Waals surface area contributed by atoms with Crippen LogP contribution < -0.4 is 0 Å². The normalized spacial score (nSPS) is 14.8. The highest BCUT2D eigenvalue weighted by molar-refractivity contribution is 5.83. The van der Waals surface area contributed by atoms with Crippen LogP contribution in [0.25, 0.3) is 10.9 Å². The van der Waals surface area contributed by atoms with Gasteiger partial charge in [-0.2, -0.15) is 0 Å². The van der Waals surface area contributed by atoms with Crippen LogP contribution in [-0.4, -0.2) is 27.4 Å². The van der Waals surface area contributed by atoms with Crippen molar-refractivity contribution in [1.29, 1.82) is 0 Å². The number of unbranched alkanes of at least 4 members (excludes halogenated alkanes) is 1. The van der Waals surface area contributed by atoms with Gasteiger partial charge in [0.15, 0.2) is 0 Å². The standard InChI is InChI=1S/C15H21NO2/c1-2-3-8-14(17)15(18)9-11-10-16-13-7-5-4-6-12(11)13/h4-7,10,14-18H,2-3,8-9H2,1H3. The van der Waals surface area contributed by atoms with E-state index in [4.69, 9.17) is 0 Å². The molecule has 0 aliphatic carbocycles. The fraction of sp³-hybridized carbons (Fsp3) is 0.467. The van der Waals surface area contributed by atoms with Crippen molar-refractivity contribution >= 4 is 10.9 Å². The summed E-state index contributed by atoms with van der Waals surface area (Å²) in [4.78, 5) is 3.18. The molecule has 0 saturated carbocycles. The number of aromatic amines is 1. The quantitative estimate of drug-likeness (QED) is 0.735. The fourth-order valence-electron chi connectivity index (χ4n) is 2.27. The summed E-state index contributed by atoms with van der Waals surface area (Å²) in [7, 11) is 0. The third-order valence-electron chi connectivity index (χ3n) is 3.40. The molecule has 0 fully saturated rings. The lowest BCUT2D eigenvalue weighted by Crippen LogP contribution is -2.27. The Morgan fingerprint density at radius 2 is 1.94 bits per heavy atom. The Balaban J connectivity index is 2.04. The minimum atomic E-state index is -0.684. The summed E-state index contributed by atoms with van der Waals surface area (Å²) in [5, 5.41) is 21.0. The number of rotatable bonds is 6. The average molecular weight is 247 g/mol. The molecule has 0 aliphatic heterocycles. The maximum Gasteiger partial charge on any atom is 0.0840 e. The van der Waals surface area contributed by atoms with Crippen molar-refractivity contribution in [1.82, 2.24) is 4.98 Å². The van der Waals surface area contributed by atoms with E-state index in [1.165, 1.54) is 0 Å². The Bertz CT molecular complexity index is 492. The smallest absolute Gasteiger partial charge is 0.0840 e. The number of hydrogen-bond donors (Lipinski definition) is 3. The summed E-state index contributed by atoms with van der Waals surface area (Å²) in [5.74, 6) is 0. The van der Waals surface area contributed by atoms with Gasteiger partial charge in [0.2, 0.25) is 0 Å². The van der Waals surface area contributed by atoms with Crippen LogP contribution in [0.2, 0.25) is 0 Å². The van der Waals surface area contributed by atoms with Crippen molar-refractivity contribution in [3.8, 4) is 0 Å². The first-order valence-electron chi connectivity index (χ1n) is 6.63. The van der Waals surface area contributed by atoms with Gasteiger partial charge in [0.1, 0.15) is 0 Å². The highest BCUT2D eigenvalue weighted by Crippen LogP contribution is 2.20. The number of H-pyrrole nitrogens is 1. The van der Waals surface area contributed by atoms with E-state index in [0.29, 0.717) is 12.8 Å². The Morgan fingerprint density at radius 1 is 1.17 bits per heavy atom. The monoisotopic (exact) mass is 247 g/mol. The molecular weight excluding hydrogens is 226 g/mol. The Morgan fingerprint density at radius 3 is 2.72 bits per heavy atom. The highest BCUT2D eigenvalue weighted by Gasteiger charge is 2.17. The Kier molecular flexibility index (Phi) is 4.39. The van der Waals surface area contributed by atoms with Gasteiger partial charge in [0, 0.05) is 23.5 Å². The number of aromatic nitrogens is 1. The molecule has 0 spiro atoms. The topological polar surface area (TPSA) is 56.2 Å². The molecule has 1 aromatic carbocycles. The van der Waals surface area contributed by atoms with Gasteiger partial charge >= 0.3 is 0 Å². The summed E-state index contributed by atoms with van der Waals surface area (Å²) in [6, 6.07) is 8.01. The number of benzene rings is 1. The maximum atomic E-state index is 10.0. The summed E-state index contributed by atoms with van der Waals surface area (Å²) in [6.45, 7) is 2.08. The fourth-order valence-corrected chi connectivity index (χ4v) is 2.27. The van der Waals surface area contributed by atoms with E-state index in [9.17, 15) is 10.2 Å². The van der Waals surface area contributed by atoms with Crippen molar-refractivity contribution < 1.29 is 10.2 Å². The molecular formula is C15H21NO2. The number of nitrogens with one attached hydrogen (secondary N) is 1. The van der Waals surface area contributed by atoms with Gasteiger partial charge in [0.05, 0.1) is 12.2 Å². The molecule has 3 N–H and O–H groups in total. The lowest BCUT2D eigenvalue weighted by molar-refractivity contribution is 0.0142. The van der Waals surface area contributed by atoms with Gasteiger partial charge in [-0.3, -0.25) is 0 Å². The SMILES string of the molecule is CCCCC(O)C(O)Cc1c[nH]c2ccccc12. The third kappa shape index (κ3) is 2.92. The van der Waals surface area contributed by atoms with Crippen LogP contribution in [0.3, 0.4) is 0 Å². The minimum Gasteiger partial charge on any atom is -0.390 e. The average Bonchev–Trinajstić information content (AvgIpc) is 2.79. The molecule has 0 aliphatic rings. The zero-order valence-electron chi connectivity index (χ0n) is 10.8. The van der Waals surface area contributed by atoms with Gasteiger partial charge in [-0.15, -0.1) is 0 Å². The molecule has 2 rings (SSSR count). The van der Waals surface area contributed by atoms with Gasteiger partial charge < -0.3 is 15.2 Å². The molecule has 2 unspecified atom stereocenters. The van der Waals surface area contributed by atoms with E-state index in [2.05, 4.69) is 11.9 Å². The molecule has 3 nitrogen and oxygen atoms in total. The molecule has 0 amide bonds. The molecule has 98 valence electrons. The van der Waals surface area contributed by atoms with Gasteiger partial charge in [-0.1, -0.05) is 38.0 Å². The van der Waals surface area contributed by atoms with Crippen LogP contribution in [0.15, 0.2) is 30.5 Å². The minimum absolute atomic E-state index is 0.495. The Labute approximate surface area is 107 Å². The van der Waals surface area contributed by atoms with Crippen molar-refractivity contribution in [2.24, 2.45) is 0 Å². The molecule has 0 saturated heterocycles. The number of aliphatic hydroxyl groups is 2. The van der Waals surface area contributed by atoms with Crippen LogP contribution in [0.5, 0.6) is 0 Å². The maximum absolute atomic E-state index is 10.0. The Hall–Kier alpha value is -1.32. The predicted octanol–water partition coefficient (Wildman–Crippen LogP) is 2.62. The van der Waals surface area contributed by atoms with Crippen molar-refractivity contribution in [3.05, 3.63) is 36.0 Å². The van der Waals surface area contributed by atoms with Crippen LogP contribution in [0, 0.1) is 0 Å². The molecule has 1 aromatic heterocycles. The van der Waals surface area contributed by atoms with Crippen LogP contribution >= 0.6 is 0 Å². The van der Waals surface area contributed by atoms with Crippen LogP contribution in [0.4, 0.5) is 0 Å². The first-order chi connectivity index (χ1) is 8.72. The zero-order chi connectivity index (χ0) is 13.0. The van der Waals surface area contributed by atoms with Crippen molar-refractivity contribution in [2.75, 3.05) is 0 Å². The molecule has 1 heterocycles. The summed E-state index contributed by atoms with van der Waals surface area (Å²) >= 11 is 0. The van der Waals surface area contributed by atoms with E-state index in [1.54, 1.807) is 0 Å². The van der Waals surface area contributed by atoms with Crippen LogP contribution in [-0.2, 0) is 6.42 Å². The van der Waals surface area contributed by atoms with Crippen LogP contribution in [0.1, 0.15) is 31.7 Å². The molecule has 0 bridgehead atoms. The van der Waals surface area contributed by atoms with Gasteiger partial charge in [-0.05, 0) is 18.1 Å². The number of para-hydroxylation sites is 1. The number of fused-ring (bicyclic) bond motifs is 1. The van der Waals surface area contributed by atoms with Gasteiger partial charge in [-0.25, -0.2) is 0 Å². The van der Waals surface area contributed by atoms with Crippen molar-refractivity contribution in [3.63, 3.8) is 0 Å². The van der Waals surface area contributed by atoms with E-state index < -0.39 is 12.2 Å². The van der Waals surface area contributed by atoms with E-state index in [1.807, 2.05) is 30.5 Å². The molecule has 18 heavy (non-hydrogen) atoms. The second-order valence-corrected chi connectivity index (χ2v) is 4.84. The molecule has 2 atom stereocenters. The largest absolute Gasteiger partial charge is 0.390 e. The van der Waals surface area contributed by atoms with Gasteiger partial charge in [0.25, 0.3) is 0 Å². The van der Waals surface area contributed by atoms with E-state index in [0.717, 1.165) is 29.3 Å². The second-order valence-electron chi connectivity index (χ2n) is 4.84.